The van der Waals surface area contributed by atoms with E-state index in [1.165, 1.54) is 16.7 Å². The van der Waals surface area contributed by atoms with Crippen LogP contribution in [0.1, 0.15) is 29.5 Å². The molecule has 2 aliphatic rings. The zero-order valence-corrected chi connectivity index (χ0v) is 13.2. The number of piperidine rings is 1. The molecule has 1 fully saturated rings. The molecule has 1 spiro atoms. The summed E-state index contributed by atoms with van der Waals surface area (Å²) in [6.45, 7) is 10.9. The zero-order valence-electron chi connectivity index (χ0n) is 13.2. The molecule has 2 aromatic rings. The average molecular weight is 304 g/mol. The Kier molecular flexibility index (Phi) is 3.65. The highest BCUT2D eigenvalue weighted by molar-refractivity contribution is 5.52. The Labute approximate surface area is 137 Å². The maximum atomic E-state index is 7.15. The van der Waals surface area contributed by atoms with Gasteiger partial charge in [-0.05, 0) is 29.5 Å². The second-order valence-corrected chi connectivity index (χ2v) is 6.50. The Bertz CT molecular complexity index is 740. The first-order valence-electron chi connectivity index (χ1n) is 8.20. The number of hydrogen-bond acceptors (Lipinski definition) is 2. The van der Waals surface area contributed by atoms with Gasteiger partial charge in [-0.25, -0.2) is 4.85 Å². The first-order valence-corrected chi connectivity index (χ1v) is 8.20. The molecular formula is C20H20N2O. The van der Waals surface area contributed by atoms with Gasteiger partial charge in [0.05, 0.1) is 18.8 Å². The van der Waals surface area contributed by atoms with Crippen LogP contribution in [0.5, 0.6) is 0 Å². The van der Waals surface area contributed by atoms with E-state index < -0.39 is 0 Å². The fourth-order valence-corrected chi connectivity index (χ4v) is 3.83. The lowest BCUT2D eigenvalue weighted by Gasteiger charge is -2.39. The molecule has 2 aliphatic heterocycles. The van der Waals surface area contributed by atoms with Gasteiger partial charge in [-0.3, -0.25) is 4.90 Å². The van der Waals surface area contributed by atoms with Crippen LogP contribution in [0.2, 0.25) is 0 Å². The van der Waals surface area contributed by atoms with Gasteiger partial charge in [0.25, 0.3) is 0 Å². The Hall–Kier alpha value is -2.15. The minimum absolute atomic E-state index is 0.122. The van der Waals surface area contributed by atoms with Crippen molar-refractivity contribution >= 4 is 5.69 Å². The van der Waals surface area contributed by atoms with Crippen molar-refractivity contribution in [1.82, 2.24) is 4.90 Å². The number of hydrogen-bond donors (Lipinski definition) is 0. The molecule has 0 saturated carbocycles. The monoisotopic (exact) mass is 304 g/mol. The third-order valence-corrected chi connectivity index (χ3v) is 5.13. The van der Waals surface area contributed by atoms with Crippen molar-refractivity contribution < 1.29 is 4.74 Å². The molecule has 0 bridgehead atoms. The van der Waals surface area contributed by atoms with E-state index >= 15 is 0 Å². The van der Waals surface area contributed by atoms with Crippen LogP contribution in [0, 0.1) is 6.57 Å². The number of rotatable bonds is 2. The van der Waals surface area contributed by atoms with Gasteiger partial charge in [0.2, 0.25) is 0 Å². The predicted octanol–water partition coefficient (Wildman–Crippen LogP) is 4.26. The van der Waals surface area contributed by atoms with Crippen LogP contribution in [0.25, 0.3) is 4.85 Å². The Balaban J connectivity index is 1.47. The van der Waals surface area contributed by atoms with E-state index in [1.807, 2.05) is 12.1 Å². The van der Waals surface area contributed by atoms with E-state index in [1.54, 1.807) is 0 Å². The fourth-order valence-electron chi connectivity index (χ4n) is 3.83. The molecule has 0 aromatic heterocycles. The standard InChI is InChI=1S/C20H20N2O/c1-21-18-7-8-19-17(13-18)15-23-20(19)9-11-22(12-10-20)14-16-5-3-2-4-6-16/h2-8,13H,9-12,14-15H2. The average Bonchev–Trinajstić information content (AvgIpc) is 2.96. The van der Waals surface area contributed by atoms with Gasteiger partial charge in [-0.15, -0.1) is 0 Å². The molecule has 116 valence electrons. The van der Waals surface area contributed by atoms with Gasteiger partial charge in [0, 0.05) is 19.6 Å². The van der Waals surface area contributed by atoms with Gasteiger partial charge >= 0.3 is 0 Å². The summed E-state index contributed by atoms with van der Waals surface area (Å²) >= 11 is 0. The highest BCUT2D eigenvalue weighted by Gasteiger charge is 2.42. The summed E-state index contributed by atoms with van der Waals surface area (Å²) in [7, 11) is 0. The third-order valence-electron chi connectivity index (χ3n) is 5.13. The van der Waals surface area contributed by atoms with Crippen LogP contribution in [-0.2, 0) is 23.5 Å². The van der Waals surface area contributed by atoms with Crippen molar-refractivity contribution in [1.29, 1.82) is 0 Å². The molecule has 0 aliphatic carbocycles. The molecule has 2 heterocycles. The second kappa shape index (κ2) is 5.81. The molecule has 0 unspecified atom stereocenters. The predicted molar refractivity (Wildman–Crippen MR) is 90.1 cm³/mol. The highest BCUT2D eigenvalue weighted by Crippen LogP contribution is 2.45. The maximum absolute atomic E-state index is 7.15. The molecule has 1 saturated heterocycles. The lowest BCUT2D eigenvalue weighted by atomic mass is 9.83. The number of fused-ring (bicyclic) bond motifs is 2. The van der Waals surface area contributed by atoms with Gasteiger partial charge in [-0.2, -0.15) is 0 Å². The van der Waals surface area contributed by atoms with Crippen LogP contribution in [0.15, 0.2) is 48.5 Å². The molecule has 0 N–H and O–H groups in total. The molecule has 4 rings (SSSR count). The van der Waals surface area contributed by atoms with E-state index in [4.69, 9.17) is 11.3 Å². The Morgan fingerprint density at radius 3 is 2.61 bits per heavy atom. The molecule has 3 nitrogen and oxygen atoms in total. The van der Waals surface area contributed by atoms with E-state index in [2.05, 4.69) is 46.1 Å². The van der Waals surface area contributed by atoms with Crippen molar-refractivity contribution in [3.63, 3.8) is 0 Å². The Morgan fingerprint density at radius 1 is 1.09 bits per heavy atom. The van der Waals surface area contributed by atoms with Crippen LogP contribution in [-0.4, -0.2) is 18.0 Å². The zero-order chi connectivity index (χ0) is 15.7. The summed E-state index contributed by atoms with van der Waals surface area (Å²) in [4.78, 5) is 6.04. The smallest absolute Gasteiger partial charge is 0.187 e. The molecule has 3 heteroatoms. The summed E-state index contributed by atoms with van der Waals surface area (Å²) in [6.07, 6.45) is 2.06. The summed E-state index contributed by atoms with van der Waals surface area (Å²) in [5, 5.41) is 0. The summed E-state index contributed by atoms with van der Waals surface area (Å²) in [6, 6.07) is 16.7. The summed E-state index contributed by atoms with van der Waals surface area (Å²) < 4.78 is 6.22. The van der Waals surface area contributed by atoms with Gasteiger partial charge in [-0.1, -0.05) is 48.5 Å². The second-order valence-electron chi connectivity index (χ2n) is 6.50. The quantitative estimate of drug-likeness (QED) is 0.771. The fraction of sp³-hybridized carbons (Fsp3) is 0.350. The minimum Gasteiger partial charge on any atom is -0.366 e. The lowest BCUT2D eigenvalue weighted by Crippen LogP contribution is -2.42. The van der Waals surface area contributed by atoms with E-state index in [9.17, 15) is 0 Å². The molecule has 23 heavy (non-hydrogen) atoms. The van der Waals surface area contributed by atoms with E-state index in [-0.39, 0.29) is 5.60 Å². The first kappa shape index (κ1) is 14.4. The van der Waals surface area contributed by atoms with Crippen molar-refractivity contribution in [2.75, 3.05) is 13.1 Å². The number of benzene rings is 2. The van der Waals surface area contributed by atoms with Crippen LogP contribution >= 0.6 is 0 Å². The van der Waals surface area contributed by atoms with Crippen molar-refractivity contribution in [2.45, 2.75) is 31.6 Å². The molecular weight excluding hydrogens is 284 g/mol. The van der Waals surface area contributed by atoms with Gasteiger partial charge in [0.1, 0.15) is 0 Å². The van der Waals surface area contributed by atoms with Crippen molar-refractivity contribution in [2.24, 2.45) is 0 Å². The van der Waals surface area contributed by atoms with Crippen molar-refractivity contribution in [3.8, 4) is 0 Å². The maximum Gasteiger partial charge on any atom is 0.187 e. The molecule has 0 amide bonds. The number of nitrogens with zero attached hydrogens (tertiary/aromatic N) is 2. The number of likely N-dealkylation sites (tertiary alicyclic amines) is 1. The minimum atomic E-state index is -0.122. The lowest BCUT2D eigenvalue weighted by molar-refractivity contribution is -0.0799. The summed E-state index contributed by atoms with van der Waals surface area (Å²) in [5.74, 6) is 0. The molecule has 2 aromatic carbocycles. The van der Waals surface area contributed by atoms with E-state index in [0.29, 0.717) is 12.3 Å². The first-order chi connectivity index (χ1) is 11.3. The van der Waals surface area contributed by atoms with Crippen LogP contribution < -0.4 is 0 Å². The van der Waals surface area contributed by atoms with Gasteiger partial charge in [0.15, 0.2) is 5.69 Å². The van der Waals surface area contributed by atoms with Gasteiger partial charge < -0.3 is 4.74 Å². The topological polar surface area (TPSA) is 16.8 Å². The van der Waals surface area contributed by atoms with Crippen LogP contribution in [0.3, 0.4) is 0 Å². The largest absolute Gasteiger partial charge is 0.366 e. The van der Waals surface area contributed by atoms with E-state index in [0.717, 1.165) is 32.5 Å². The van der Waals surface area contributed by atoms with Crippen molar-refractivity contribution in [3.05, 3.63) is 76.6 Å². The normalized spacial score (nSPS) is 19.4. The molecule has 0 radical (unpaired) electrons. The SMILES string of the molecule is [C-]#[N+]c1ccc2c(c1)COC21CCN(Cc2ccccc2)CC1. The molecule has 0 atom stereocenters. The Morgan fingerprint density at radius 2 is 1.87 bits per heavy atom. The number of ether oxygens (including phenoxy) is 1. The van der Waals surface area contributed by atoms with Crippen LogP contribution in [0.4, 0.5) is 5.69 Å². The summed E-state index contributed by atoms with van der Waals surface area (Å²) in [5.41, 5.74) is 4.48. The highest BCUT2D eigenvalue weighted by atomic mass is 16.5. The third kappa shape index (κ3) is 2.65.